The number of benzene rings is 1. The van der Waals surface area contributed by atoms with E-state index >= 15 is 0 Å². The van der Waals surface area contributed by atoms with Gasteiger partial charge in [-0.2, -0.15) is 8.78 Å². The zero-order valence-corrected chi connectivity index (χ0v) is 13.2. The van der Waals surface area contributed by atoms with Crippen molar-refractivity contribution < 1.29 is 21.9 Å². The molecule has 0 atom stereocenters. The molecule has 0 aliphatic carbocycles. The summed E-state index contributed by atoms with van der Waals surface area (Å²) in [5.74, 6) is 0.168. The summed E-state index contributed by atoms with van der Waals surface area (Å²) in [4.78, 5) is 2.05. The third-order valence-electron chi connectivity index (χ3n) is 3.60. The van der Waals surface area contributed by atoms with Crippen LogP contribution in [0.2, 0.25) is 0 Å². The lowest BCUT2D eigenvalue weighted by molar-refractivity contribution is -0.0507. The number of alkyl halides is 2. The van der Waals surface area contributed by atoms with Gasteiger partial charge < -0.3 is 4.74 Å². The van der Waals surface area contributed by atoms with Crippen molar-refractivity contribution >= 4 is 10.0 Å². The molecule has 0 unspecified atom stereocenters. The smallest absolute Gasteiger partial charge is 0.387 e. The highest BCUT2D eigenvalue weighted by Gasteiger charge is 2.22. The fraction of sp³-hybridized carbons (Fsp3) is 0.571. The number of halogens is 2. The molecule has 8 heteroatoms. The molecule has 0 saturated carbocycles. The van der Waals surface area contributed by atoms with Crippen LogP contribution in [-0.4, -0.2) is 56.7 Å². The van der Waals surface area contributed by atoms with E-state index in [1.54, 1.807) is 18.2 Å². The third kappa shape index (κ3) is 4.89. The molecule has 5 nitrogen and oxygen atoms in total. The fourth-order valence-corrected chi connectivity index (χ4v) is 3.40. The van der Waals surface area contributed by atoms with Gasteiger partial charge in [0.1, 0.15) is 5.75 Å². The minimum Gasteiger partial charge on any atom is -0.434 e. The molecule has 124 valence electrons. The number of para-hydroxylation sites is 1. The largest absolute Gasteiger partial charge is 0.434 e. The molecule has 22 heavy (non-hydrogen) atoms. The number of ether oxygens (including phenoxy) is 1. The van der Waals surface area contributed by atoms with E-state index in [0.29, 0.717) is 38.2 Å². The molecule has 0 radical (unpaired) electrons. The van der Waals surface area contributed by atoms with Crippen LogP contribution in [-0.2, 0) is 16.6 Å². The van der Waals surface area contributed by atoms with Crippen molar-refractivity contribution in [3.05, 3.63) is 29.8 Å². The molecule has 1 aromatic rings. The van der Waals surface area contributed by atoms with Crippen LogP contribution in [0.1, 0.15) is 12.0 Å². The molecule has 0 amide bonds. The van der Waals surface area contributed by atoms with Crippen LogP contribution in [0.5, 0.6) is 5.75 Å². The topological polar surface area (TPSA) is 49.9 Å². The second-order valence-electron chi connectivity index (χ2n) is 5.28. The van der Waals surface area contributed by atoms with Crippen molar-refractivity contribution in [1.29, 1.82) is 0 Å². The molecular weight excluding hydrogens is 314 g/mol. The number of hydrogen-bond donors (Lipinski definition) is 0. The van der Waals surface area contributed by atoms with Crippen molar-refractivity contribution in [2.24, 2.45) is 0 Å². The molecule has 0 aromatic heterocycles. The summed E-state index contributed by atoms with van der Waals surface area (Å²) in [6.45, 7) is -0.210. The Labute approximate surface area is 129 Å². The summed E-state index contributed by atoms with van der Waals surface area (Å²) in [7, 11) is -3.19. The SMILES string of the molecule is CS(=O)(=O)N1CCCN(Cc2ccccc2OC(F)F)CC1. The maximum atomic E-state index is 12.4. The molecule has 1 heterocycles. The summed E-state index contributed by atoms with van der Waals surface area (Å²) in [5, 5.41) is 0. The number of nitrogens with zero attached hydrogens (tertiary/aromatic N) is 2. The molecule has 1 aliphatic heterocycles. The maximum absolute atomic E-state index is 12.4. The van der Waals surface area contributed by atoms with Crippen LogP contribution in [0.25, 0.3) is 0 Å². The molecule has 0 spiro atoms. The van der Waals surface area contributed by atoms with E-state index in [4.69, 9.17) is 0 Å². The second kappa shape index (κ2) is 7.34. The van der Waals surface area contributed by atoms with Crippen molar-refractivity contribution in [1.82, 2.24) is 9.21 Å². The van der Waals surface area contributed by atoms with E-state index in [-0.39, 0.29) is 5.75 Å². The monoisotopic (exact) mass is 334 g/mol. The first kappa shape index (κ1) is 17.1. The standard InChI is InChI=1S/C14H20F2N2O3S/c1-22(19,20)18-8-4-7-17(9-10-18)11-12-5-2-3-6-13(12)21-14(15)16/h2-3,5-6,14H,4,7-11H2,1H3. The van der Waals surface area contributed by atoms with Gasteiger partial charge in [-0.1, -0.05) is 18.2 Å². The average molecular weight is 334 g/mol. The Hall–Kier alpha value is -1.25. The summed E-state index contributed by atoms with van der Waals surface area (Å²) >= 11 is 0. The molecule has 1 fully saturated rings. The summed E-state index contributed by atoms with van der Waals surface area (Å²) in [6.07, 6.45) is 1.92. The Kier molecular flexibility index (Phi) is 5.71. The van der Waals surface area contributed by atoms with Gasteiger partial charge in [0.05, 0.1) is 6.26 Å². The van der Waals surface area contributed by atoms with E-state index in [1.807, 2.05) is 0 Å². The highest BCUT2D eigenvalue weighted by molar-refractivity contribution is 7.88. The Morgan fingerprint density at radius 2 is 1.91 bits per heavy atom. The average Bonchev–Trinajstić information content (AvgIpc) is 2.65. The Morgan fingerprint density at radius 3 is 2.59 bits per heavy atom. The van der Waals surface area contributed by atoms with Gasteiger partial charge in [0.25, 0.3) is 0 Å². The van der Waals surface area contributed by atoms with Crippen LogP contribution < -0.4 is 4.74 Å². The first-order chi connectivity index (χ1) is 10.4. The van der Waals surface area contributed by atoms with Crippen molar-refractivity contribution in [2.45, 2.75) is 19.6 Å². The first-order valence-electron chi connectivity index (χ1n) is 7.06. The van der Waals surface area contributed by atoms with Gasteiger partial charge in [-0.25, -0.2) is 12.7 Å². The van der Waals surface area contributed by atoms with E-state index in [1.165, 1.54) is 16.6 Å². The predicted molar refractivity (Wildman–Crippen MR) is 79.4 cm³/mol. The minimum atomic E-state index is -3.19. The lowest BCUT2D eigenvalue weighted by Gasteiger charge is -2.22. The lowest BCUT2D eigenvalue weighted by atomic mass is 10.2. The third-order valence-corrected chi connectivity index (χ3v) is 4.90. The van der Waals surface area contributed by atoms with Gasteiger partial charge in [-0.15, -0.1) is 0 Å². The van der Waals surface area contributed by atoms with E-state index < -0.39 is 16.6 Å². The Morgan fingerprint density at radius 1 is 1.18 bits per heavy atom. The maximum Gasteiger partial charge on any atom is 0.387 e. The van der Waals surface area contributed by atoms with Crippen LogP contribution >= 0.6 is 0 Å². The zero-order chi connectivity index (χ0) is 16.2. The Bertz CT molecular complexity index is 596. The van der Waals surface area contributed by atoms with Crippen molar-refractivity contribution in [3.63, 3.8) is 0 Å². The number of rotatable bonds is 5. The molecule has 1 aromatic carbocycles. The van der Waals surface area contributed by atoms with E-state index in [2.05, 4.69) is 9.64 Å². The highest BCUT2D eigenvalue weighted by atomic mass is 32.2. The second-order valence-corrected chi connectivity index (χ2v) is 7.26. The van der Waals surface area contributed by atoms with Crippen LogP contribution in [0.4, 0.5) is 8.78 Å². The van der Waals surface area contributed by atoms with Gasteiger partial charge in [0.15, 0.2) is 0 Å². The molecular formula is C14H20F2N2O3S. The minimum absolute atomic E-state index is 0.168. The summed E-state index contributed by atoms with van der Waals surface area (Å²) in [5.41, 5.74) is 0.676. The summed E-state index contributed by atoms with van der Waals surface area (Å²) in [6, 6.07) is 6.68. The number of hydrogen-bond acceptors (Lipinski definition) is 4. The van der Waals surface area contributed by atoms with E-state index in [0.717, 1.165) is 6.54 Å². The quantitative estimate of drug-likeness (QED) is 0.823. The molecule has 1 aliphatic rings. The normalized spacial score (nSPS) is 18.4. The van der Waals surface area contributed by atoms with Gasteiger partial charge in [-0.05, 0) is 19.0 Å². The van der Waals surface area contributed by atoms with Crippen LogP contribution in [0, 0.1) is 0 Å². The summed E-state index contributed by atoms with van der Waals surface area (Å²) < 4.78 is 54.0. The molecule has 2 rings (SSSR count). The van der Waals surface area contributed by atoms with Gasteiger partial charge >= 0.3 is 6.61 Å². The van der Waals surface area contributed by atoms with Crippen LogP contribution in [0.15, 0.2) is 24.3 Å². The van der Waals surface area contributed by atoms with Gasteiger partial charge in [0.2, 0.25) is 10.0 Å². The van der Waals surface area contributed by atoms with E-state index in [9.17, 15) is 17.2 Å². The van der Waals surface area contributed by atoms with Gasteiger partial charge in [-0.3, -0.25) is 4.90 Å². The first-order valence-corrected chi connectivity index (χ1v) is 8.91. The van der Waals surface area contributed by atoms with Gasteiger partial charge in [0, 0.05) is 31.7 Å². The fourth-order valence-electron chi connectivity index (χ4n) is 2.52. The Balaban J connectivity index is 2.02. The predicted octanol–water partition coefficient (Wildman–Crippen LogP) is 1.76. The molecule has 1 saturated heterocycles. The molecule has 0 N–H and O–H groups in total. The van der Waals surface area contributed by atoms with Crippen molar-refractivity contribution in [3.8, 4) is 5.75 Å². The van der Waals surface area contributed by atoms with Crippen molar-refractivity contribution in [2.75, 3.05) is 32.4 Å². The highest BCUT2D eigenvalue weighted by Crippen LogP contribution is 2.22. The lowest BCUT2D eigenvalue weighted by Crippen LogP contribution is -2.34. The van der Waals surface area contributed by atoms with Crippen LogP contribution in [0.3, 0.4) is 0 Å². The molecule has 0 bridgehead atoms. The number of sulfonamides is 1. The zero-order valence-electron chi connectivity index (χ0n) is 12.4.